The van der Waals surface area contributed by atoms with E-state index in [4.69, 9.17) is 0 Å². The van der Waals surface area contributed by atoms with E-state index in [1.165, 1.54) is 10.6 Å². The lowest BCUT2D eigenvalue weighted by Crippen LogP contribution is -2.18. The summed E-state index contributed by atoms with van der Waals surface area (Å²) in [4.78, 5) is 11.9. The number of hydrazone groups is 1. The second-order valence-corrected chi connectivity index (χ2v) is 7.44. The molecule has 5 nitrogen and oxygen atoms in total. The summed E-state index contributed by atoms with van der Waals surface area (Å²) < 4.78 is 41.4. The van der Waals surface area contributed by atoms with E-state index in [1.807, 2.05) is 19.9 Å². The highest BCUT2D eigenvalue weighted by atomic mass is 19.4. The number of aryl methyl sites for hydroxylation is 1. The third-order valence-electron chi connectivity index (χ3n) is 5.00. The van der Waals surface area contributed by atoms with Crippen molar-refractivity contribution in [2.24, 2.45) is 5.10 Å². The van der Waals surface area contributed by atoms with Gasteiger partial charge in [-0.15, -0.1) is 0 Å². The predicted molar refractivity (Wildman–Crippen MR) is 115 cm³/mol. The Morgan fingerprint density at radius 3 is 2.58 bits per heavy atom. The fourth-order valence-corrected chi connectivity index (χ4v) is 3.43. The highest BCUT2D eigenvalue weighted by Crippen LogP contribution is 2.38. The van der Waals surface area contributed by atoms with Gasteiger partial charge in [-0.05, 0) is 50.1 Å². The van der Waals surface area contributed by atoms with Crippen molar-refractivity contribution in [1.29, 1.82) is 0 Å². The number of nitrogens with zero attached hydrogens (tertiary/aromatic N) is 2. The highest BCUT2D eigenvalue weighted by Gasteiger charge is 2.32. The van der Waals surface area contributed by atoms with E-state index >= 15 is 0 Å². The molecule has 2 N–H and O–H groups in total. The second kappa shape index (κ2) is 8.83. The molecule has 0 bridgehead atoms. The Bertz CT molecular complexity index is 1150. The fraction of sp³-hybridized carbons (Fsp3) is 0.304. The van der Waals surface area contributed by atoms with Gasteiger partial charge < -0.3 is 5.11 Å². The van der Waals surface area contributed by atoms with Crippen LogP contribution in [0.2, 0.25) is 0 Å². The predicted octanol–water partition coefficient (Wildman–Crippen LogP) is 5.69. The van der Waals surface area contributed by atoms with Crippen molar-refractivity contribution in [2.75, 3.05) is 0 Å². The standard InChI is InChI=1S/C23H24F3N3O2/c1-4-5-9-20(30)28-27-15(3)21-18-11-10-16(23(24,25)26)13-19(18)29(22(21)31)17-8-6-7-14(2)12-17/h6-8,10-13,31H,4-5,9H2,1-3H3,(H,28,30). The van der Waals surface area contributed by atoms with Crippen molar-refractivity contribution < 1.29 is 23.1 Å². The third-order valence-corrected chi connectivity index (χ3v) is 5.00. The number of nitrogens with one attached hydrogen (secondary N) is 1. The minimum Gasteiger partial charge on any atom is -0.494 e. The average molecular weight is 431 g/mol. The Kier molecular flexibility index (Phi) is 6.38. The molecule has 2 aromatic carbocycles. The van der Waals surface area contributed by atoms with Crippen LogP contribution in [0.1, 0.15) is 49.8 Å². The molecule has 0 aliphatic heterocycles. The van der Waals surface area contributed by atoms with Crippen LogP contribution < -0.4 is 5.43 Å². The molecular formula is C23H24F3N3O2. The van der Waals surface area contributed by atoms with Crippen molar-refractivity contribution in [2.45, 2.75) is 46.2 Å². The van der Waals surface area contributed by atoms with E-state index in [-0.39, 0.29) is 22.9 Å². The first-order valence-corrected chi connectivity index (χ1v) is 9.98. The summed E-state index contributed by atoms with van der Waals surface area (Å²) in [6, 6.07) is 10.4. The molecule has 0 saturated heterocycles. The normalized spacial score (nSPS) is 12.4. The van der Waals surface area contributed by atoms with Gasteiger partial charge in [0, 0.05) is 17.5 Å². The summed E-state index contributed by atoms with van der Waals surface area (Å²) in [6.45, 7) is 5.41. The number of rotatable bonds is 6. The molecule has 3 aromatic rings. The van der Waals surface area contributed by atoms with E-state index in [1.54, 1.807) is 25.1 Å². The van der Waals surface area contributed by atoms with E-state index in [0.717, 1.165) is 30.5 Å². The number of halogens is 3. The topological polar surface area (TPSA) is 66.6 Å². The van der Waals surface area contributed by atoms with Gasteiger partial charge in [0.25, 0.3) is 0 Å². The van der Waals surface area contributed by atoms with Gasteiger partial charge >= 0.3 is 6.18 Å². The van der Waals surface area contributed by atoms with E-state index in [2.05, 4.69) is 10.5 Å². The Morgan fingerprint density at radius 1 is 1.19 bits per heavy atom. The first-order chi connectivity index (χ1) is 14.6. The van der Waals surface area contributed by atoms with Crippen LogP contribution in [0.4, 0.5) is 13.2 Å². The van der Waals surface area contributed by atoms with E-state index < -0.39 is 11.7 Å². The van der Waals surface area contributed by atoms with Crippen LogP contribution in [0.15, 0.2) is 47.6 Å². The molecule has 1 aromatic heterocycles. The minimum absolute atomic E-state index is 0.194. The molecule has 1 amide bonds. The molecule has 0 fully saturated rings. The maximum atomic E-state index is 13.3. The third kappa shape index (κ3) is 4.73. The van der Waals surface area contributed by atoms with Gasteiger partial charge in [-0.25, -0.2) is 5.43 Å². The quantitative estimate of drug-likeness (QED) is 0.389. The van der Waals surface area contributed by atoms with Crippen molar-refractivity contribution in [1.82, 2.24) is 9.99 Å². The Hall–Kier alpha value is -3.29. The van der Waals surface area contributed by atoms with Crippen LogP contribution in [0.25, 0.3) is 16.6 Å². The molecular weight excluding hydrogens is 407 g/mol. The largest absolute Gasteiger partial charge is 0.494 e. The van der Waals surface area contributed by atoms with E-state index in [0.29, 0.717) is 23.2 Å². The number of hydrogen-bond donors (Lipinski definition) is 2. The summed E-state index contributed by atoms with van der Waals surface area (Å²) >= 11 is 0. The Balaban J connectivity index is 2.18. The number of alkyl halides is 3. The van der Waals surface area contributed by atoms with Crippen molar-refractivity contribution in [3.8, 4) is 11.6 Å². The van der Waals surface area contributed by atoms with Gasteiger partial charge in [0.05, 0.1) is 22.4 Å². The number of aromatic hydroxyl groups is 1. The zero-order valence-electron chi connectivity index (χ0n) is 17.5. The van der Waals surface area contributed by atoms with Crippen molar-refractivity contribution >= 4 is 22.5 Å². The summed E-state index contributed by atoms with van der Waals surface area (Å²) in [5, 5.41) is 15.5. The smallest absolute Gasteiger partial charge is 0.416 e. The van der Waals surface area contributed by atoms with Crippen LogP contribution >= 0.6 is 0 Å². The van der Waals surface area contributed by atoms with Crippen LogP contribution in [0.3, 0.4) is 0 Å². The minimum atomic E-state index is -4.53. The number of carbonyl (C=O) groups is 1. The van der Waals surface area contributed by atoms with Crippen LogP contribution in [0.5, 0.6) is 5.88 Å². The maximum absolute atomic E-state index is 13.3. The molecule has 31 heavy (non-hydrogen) atoms. The first-order valence-electron chi connectivity index (χ1n) is 9.98. The van der Waals surface area contributed by atoms with Gasteiger partial charge in [0.15, 0.2) is 0 Å². The zero-order chi connectivity index (χ0) is 22.8. The summed E-state index contributed by atoms with van der Waals surface area (Å²) in [7, 11) is 0. The lowest BCUT2D eigenvalue weighted by molar-refractivity contribution is -0.137. The number of amides is 1. The molecule has 8 heteroatoms. The number of carbonyl (C=O) groups excluding carboxylic acids is 1. The summed E-state index contributed by atoms with van der Waals surface area (Å²) in [5.74, 6) is -0.508. The van der Waals surface area contributed by atoms with Crippen LogP contribution in [-0.2, 0) is 11.0 Å². The number of hydrogen-bond acceptors (Lipinski definition) is 3. The molecule has 0 spiro atoms. The fourth-order valence-electron chi connectivity index (χ4n) is 3.43. The molecule has 0 aliphatic carbocycles. The molecule has 1 heterocycles. The average Bonchev–Trinajstić information content (AvgIpc) is 3.00. The number of unbranched alkanes of at least 4 members (excludes halogenated alkanes) is 1. The molecule has 3 rings (SSSR count). The Morgan fingerprint density at radius 2 is 1.94 bits per heavy atom. The van der Waals surface area contributed by atoms with Crippen LogP contribution in [-0.4, -0.2) is 21.3 Å². The number of benzene rings is 2. The lowest BCUT2D eigenvalue weighted by Gasteiger charge is -2.10. The molecule has 0 unspecified atom stereocenters. The monoisotopic (exact) mass is 431 g/mol. The summed E-state index contributed by atoms with van der Waals surface area (Å²) in [6.07, 6.45) is -2.62. The summed E-state index contributed by atoms with van der Waals surface area (Å²) in [5.41, 5.74) is 3.79. The molecule has 0 saturated carbocycles. The molecule has 0 radical (unpaired) electrons. The van der Waals surface area contributed by atoms with Crippen molar-refractivity contribution in [3.05, 3.63) is 59.2 Å². The molecule has 0 aliphatic rings. The first kappa shape index (κ1) is 22.4. The molecule has 0 atom stereocenters. The Labute approximate surface area is 178 Å². The van der Waals surface area contributed by atoms with Gasteiger partial charge in [-0.1, -0.05) is 31.5 Å². The van der Waals surface area contributed by atoms with Gasteiger partial charge in [-0.3, -0.25) is 9.36 Å². The molecule has 164 valence electrons. The van der Waals surface area contributed by atoms with E-state index in [9.17, 15) is 23.1 Å². The maximum Gasteiger partial charge on any atom is 0.416 e. The zero-order valence-corrected chi connectivity index (χ0v) is 17.5. The number of fused-ring (bicyclic) bond motifs is 1. The lowest BCUT2D eigenvalue weighted by atomic mass is 10.1. The van der Waals surface area contributed by atoms with Gasteiger partial charge in [0.1, 0.15) is 0 Å². The highest BCUT2D eigenvalue weighted by molar-refractivity contribution is 6.13. The SMILES string of the molecule is CCCCC(=O)NN=C(C)c1c(O)n(-c2cccc(C)c2)c2cc(C(F)(F)F)ccc12. The van der Waals surface area contributed by atoms with Crippen LogP contribution in [0, 0.1) is 6.92 Å². The van der Waals surface area contributed by atoms with Gasteiger partial charge in [0.2, 0.25) is 11.8 Å². The second-order valence-electron chi connectivity index (χ2n) is 7.44. The van der Waals surface area contributed by atoms with Gasteiger partial charge in [-0.2, -0.15) is 18.3 Å². The number of aromatic nitrogens is 1. The van der Waals surface area contributed by atoms with Crippen molar-refractivity contribution in [3.63, 3.8) is 0 Å².